The smallest absolute Gasteiger partial charge is 0.122 e. The van der Waals surface area contributed by atoms with Crippen LogP contribution in [-0.2, 0) is 13.1 Å². The van der Waals surface area contributed by atoms with Crippen molar-refractivity contribution in [3.8, 4) is 0 Å². The fraction of sp³-hybridized carbons (Fsp3) is 0.714. The zero-order valence-corrected chi connectivity index (χ0v) is 11.0. The first-order chi connectivity index (χ1) is 8.29. The summed E-state index contributed by atoms with van der Waals surface area (Å²) in [4.78, 5) is 2.53. The van der Waals surface area contributed by atoms with Crippen molar-refractivity contribution < 1.29 is 4.42 Å². The summed E-state index contributed by atoms with van der Waals surface area (Å²) in [6.07, 6.45) is 5.83. The molecule has 17 heavy (non-hydrogen) atoms. The minimum Gasteiger partial charge on any atom is -0.468 e. The Morgan fingerprint density at radius 3 is 3.12 bits per heavy atom. The lowest BCUT2D eigenvalue weighted by Crippen LogP contribution is -2.24. The van der Waals surface area contributed by atoms with Gasteiger partial charge in [0.2, 0.25) is 0 Å². The van der Waals surface area contributed by atoms with Crippen LogP contribution in [0.2, 0.25) is 0 Å². The van der Waals surface area contributed by atoms with Gasteiger partial charge in [0.25, 0.3) is 0 Å². The van der Waals surface area contributed by atoms with Crippen LogP contribution in [0.15, 0.2) is 16.7 Å². The van der Waals surface area contributed by atoms with Gasteiger partial charge in [0.1, 0.15) is 5.76 Å². The first-order valence-corrected chi connectivity index (χ1v) is 6.72. The van der Waals surface area contributed by atoms with Crippen molar-refractivity contribution in [2.24, 2.45) is 5.92 Å². The van der Waals surface area contributed by atoms with Gasteiger partial charge >= 0.3 is 0 Å². The third-order valence-electron chi connectivity index (χ3n) is 3.68. The van der Waals surface area contributed by atoms with E-state index in [-0.39, 0.29) is 0 Å². The topological polar surface area (TPSA) is 28.4 Å². The van der Waals surface area contributed by atoms with Crippen molar-refractivity contribution in [3.05, 3.63) is 23.7 Å². The van der Waals surface area contributed by atoms with Gasteiger partial charge in [-0.1, -0.05) is 6.92 Å². The minimum absolute atomic E-state index is 0.883. The van der Waals surface area contributed by atoms with Crippen molar-refractivity contribution in [1.82, 2.24) is 10.2 Å². The van der Waals surface area contributed by atoms with E-state index < -0.39 is 0 Å². The van der Waals surface area contributed by atoms with Crippen LogP contribution in [0.5, 0.6) is 0 Å². The van der Waals surface area contributed by atoms with E-state index in [0.717, 1.165) is 24.8 Å². The van der Waals surface area contributed by atoms with Gasteiger partial charge in [-0.25, -0.2) is 0 Å². The van der Waals surface area contributed by atoms with Crippen molar-refractivity contribution in [3.63, 3.8) is 0 Å². The second kappa shape index (κ2) is 6.22. The van der Waals surface area contributed by atoms with Crippen LogP contribution in [0.1, 0.15) is 37.5 Å². The largest absolute Gasteiger partial charge is 0.468 e. The fourth-order valence-corrected chi connectivity index (χ4v) is 2.54. The third kappa shape index (κ3) is 3.58. The van der Waals surface area contributed by atoms with E-state index in [1.807, 2.05) is 13.3 Å². The number of hydrogen-bond acceptors (Lipinski definition) is 3. The molecule has 3 nitrogen and oxygen atoms in total. The van der Waals surface area contributed by atoms with Crippen LogP contribution in [0, 0.1) is 5.92 Å². The standard InChI is InChI=1S/C14H24N2O/c1-12-4-3-7-16(8-5-12)11-14-13(10-15-2)6-9-17-14/h6,9,12,15H,3-5,7-8,10-11H2,1-2H3. The van der Waals surface area contributed by atoms with Gasteiger partial charge in [-0.05, 0) is 51.4 Å². The van der Waals surface area contributed by atoms with E-state index in [1.54, 1.807) is 0 Å². The monoisotopic (exact) mass is 236 g/mol. The van der Waals surface area contributed by atoms with Gasteiger partial charge in [-0.3, -0.25) is 4.90 Å². The molecular weight excluding hydrogens is 212 g/mol. The van der Waals surface area contributed by atoms with Crippen LogP contribution in [0.3, 0.4) is 0 Å². The van der Waals surface area contributed by atoms with E-state index in [0.29, 0.717) is 0 Å². The van der Waals surface area contributed by atoms with Crippen LogP contribution in [0.25, 0.3) is 0 Å². The van der Waals surface area contributed by atoms with Crippen molar-refractivity contribution in [2.75, 3.05) is 20.1 Å². The molecule has 0 amide bonds. The molecule has 1 saturated heterocycles. The third-order valence-corrected chi connectivity index (χ3v) is 3.68. The number of hydrogen-bond donors (Lipinski definition) is 1. The summed E-state index contributed by atoms with van der Waals surface area (Å²) < 4.78 is 5.61. The van der Waals surface area contributed by atoms with Gasteiger partial charge in [0.15, 0.2) is 0 Å². The van der Waals surface area contributed by atoms with E-state index in [2.05, 4.69) is 23.2 Å². The molecular formula is C14H24N2O. The van der Waals surface area contributed by atoms with Crippen LogP contribution < -0.4 is 5.32 Å². The molecule has 1 N–H and O–H groups in total. The average molecular weight is 236 g/mol. The molecule has 1 aromatic heterocycles. The molecule has 2 heterocycles. The molecule has 0 spiro atoms. The highest BCUT2D eigenvalue weighted by atomic mass is 16.3. The Balaban J connectivity index is 1.92. The molecule has 0 bridgehead atoms. The Kier molecular flexibility index (Phi) is 4.63. The Bertz CT molecular complexity index is 335. The van der Waals surface area contributed by atoms with E-state index in [4.69, 9.17) is 4.42 Å². The maximum absolute atomic E-state index is 5.61. The van der Waals surface area contributed by atoms with Crippen molar-refractivity contribution >= 4 is 0 Å². The zero-order chi connectivity index (χ0) is 12.1. The second-order valence-electron chi connectivity index (χ2n) is 5.21. The highest BCUT2D eigenvalue weighted by molar-refractivity contribution is 5.16. The van der Waals surface area contributed by atoms with Gasteiger partial charge in [-0.15, -0.1) is 0 Å². The van der Waals surface area contributed by atoms with Crippen LogP contribution >= 0.6 is 0 Å². The van der Waals surface area contributed by atoms with E-state index in [9.17, 15) is 0 Å². The maximum atomic E-state index is 5.61. The maximum Gasteiger partial charge on any atom is 0.122 e. The van der Waals surface area contributed by atoms with Crippen molar-refractivity contribution in [2.45, 2.75) is 39.3 Å². The molecule has 1 fully saturated rings. The quantitative estimate of drug-likeness (QED) is 0.871. The molecule has 1 unspecified atom stereocenters. The summed E-state index contributed by atoms with van der Waals surface area (Å²) in [6.45, 7) is 6.65. The number of furan rings is 1. The molecule has 0 aliphatic carbocycles. The SMILES string of the molecule is CNCc1ccoc1CN1CCCC(C)CC1. The van der Waals surface area contributed by atoms with Gasteiger partial charge in [-0.2, -0.15) is 0 Å². The summed E-state index contributed by atoms with van der Waals surface area (Å²) in [5.74, 6) is 2.02. The molecule has 1 aliphatic heterocycles. The molecule has 2 rings (SSSR count). The number of nitrogens with zero attached hydrogens (tertiary/aromatic N) is 1. The van der Waals surface area contributed by atoms with Crippen LogP contribution in [-0.4, -0.2) is 25.0 Å². The summed E-state index contributed by atoms with van der Waals surface area (Å²) in [6, 6.07) is 2.08. The Hall–Kier alpha value is -0.800. The van der Waals surface area contributed by atoms with Crippen molar-refractivity contribution in [1.29, 1.82) is 0 Å². The average Bonchev–Trinajstić information content (AvgIpc) is 2.63. The minimum atomic E-state index is 0.883. The molecule has 1 aliphatic rings. The highest BCUT2D eigenvalue weighted by Crippen LogP contribution is 2.20. The first kappa shape index (κ1) is 12.7. The molecule has 3 heteroatoms. The van der Waals surface area contributed by atoms with Gasteiger partial charge < -0.3 is 9.73 Å². The summed E-state index contributed by atoms with van der Waals surface area (Å²) in [7, 11) is 1.98. The molecule has 0 aromatic carbocycles. The Morgan fingerprint density at radius 1 is 1.41 bits per heavy atom. The van der Waals surface area contributed by atoms with Gasteiger partial charge in [0.05, 0.1) is 12.8 Å². The number of likely N-dealkylation sites (tertiary alicyclic amines) is 1. The van der Waals surface area contributed by atoms with E-state index >= 15 is 0 Å². The molecule has 96 valence electrons. The lowest BCUT2D eigenvalue weighted by atomic mass is 10.0. The lowest BCUT2D eigenvalue weighted by molar-refractivity contribution is 0.249. The molecule has 1 aromatic rings. The molecule has 0 saturated carbocycles. The van der Waals surface area contributed by atoms with Gasteiger partial charge in [0, 0.05) is 12.1 Å². The summed E-state index contributed by atoms with van der Waals surface area (Å²) in [5, 5.41) is 3.19. The summed E-state index contributed by atoms with van der Waals surface area (Å²) >= 11 is 0. The fourth-order valence-electron chi connectivity index (χ4n) is 2.54. The number of nitrogens with one attached hydrogen (secondary N) is 1. The summed E-state index contributed by atoms with van der Waals surface area (Å²) in [5.41, 5.74) is 1.30. The van der Waals surface area contributed by atoms with Crippen LogP contribution in [0.4, 0.5) is 0 Å². The molecule has 0 radical (unpaired) electrons. The Morgan fingerprint density at radius 2 is 2.29 bits per heavy atom. The number of rotatable bonds is 4. The molecule has 1 atom stereocenters. The van der Waals surface area contributed by atoms with E-state index in [1.165, 1.54) is 37.9 Å². The zero-order valence-electron chi connectivity index (χ0n) is 11.0. The second-order valence-corrected chi connectivity index (χ2v) is 5.21. The first-order valence-electron chi connectivity index (χ1n) is 6.72. The predicted molar refractivity (Wildman–Crippen MR) is 69.8 cm³/mol. The highest BCUT2D eigenvalue weighted by Gasteiger charge is 2.16. The Labute approximate surface area is 104 Å². The normalized spacial score (nSPS) is 22.6. The predicted octanol–water partition coefficient (Wildman–Crippen LogP) is 2.62. The lowest BCUT2D eigenvalue weighted by Gasteiger charge is -2.19.